The molecule has 9 heteroatoms. The number of nitrogens with two attached hydrogens (primary N) is 1. The lowest BCUT2D eigenvalue weighted by atomic mass is 10.1. The van der Waals surface area contributed by atoms with Gasteiger partial charge in [-0.1, -0.05) is 0 Å². The van der Waals surface area contributed by atoms with E-state index in [-0.39, 0.29) is 28.1 Å². The summed E-state index contributed by atoms with van der Waals surface area (Å²) in [4.78, 5) is 23.1. The minimum Gasteiger partial charge on any atom is -0.483 e. The van der Waals surface area contributed by atoms with Crippen LogP contribution in [0.2, 0.25) is 0 Å². The summed E-state index contributed by atoms with van der Waals surface area (Å²) >= 11 is 0. The Bertz CT molecular complexity index is 872. The van der Waals surface area contributed by atoms with E-state index >= 15 is 0 Å². The van der Waals surface area contributed by atoms with Gasteiger partial charge in [-0.3, -0.25) is 9.59 Å². The zero-order valence-electron chi connectivity index (χ0n) is 13.1. The van der Waals surface area contributed by atoms with Crippen LogP contribution in [0.5, 0.6) is 5.75 Å². The minimum atomic E-state index is -4.53. The predicted octanol–water partition coefficient (Wildman–Crippen LogP) is 2.85. The van der Waals surface area contributed by atoms with Crippen molar-refractivity contribution in [3.63, 3.8) is 0 Å². The van der Waals surface area contributed by atoms with Gasteiger partial charge in [0.15, 0.2) is 6.61 Å². The van der Waals surface area contributed by atoms with Gasteiger partial charge in [0.1, 0.15) is 11.8 Å². The third kappa shape index (κ3) is 4.98. The van der Waals surface area contributed by atoms with E-state index in [1.165, 1.54) is 36.4 Å². The van der Waals surface area contributed by atoms with E-state index in [1.54, 1.807) is 6.07 Å². The summed E-state index contributed by atoms with van der Waals surface area (Å²) in [7, 11) is 0. The van der Waals surface area contributed by atoms with Gasteiger partial charge in [0.25, 0.3) is 5.91 Å². The molecular weight excluding hydrogens is 351 g/mol. The van der Waals surface area contributed by atoms with Gasteiger partial charge in [-0.15, -0.1) is 0 Å². The monoisotopic (exact) mass is 363 g/mol. The molecule has 2 aromatic carbocycles. The fourth-order valence-electron chi connectivity index (χ4n) is 1.97. The van der Waals surface area contributed by atoms with Crippen LogP contribution in [0.1, 0.15) is 26.3 Å². The number of halogens is 3. The number of hydrogen-bond donors (Lipinski definition) is 2. The number of nitrogens with one attached hydrogen (secondary N) is 1. The van der Waals surface area contributed by atoms with E-state index < -0.39 is 24.6 Å². The van der Waals surface area contributed by atoms with Crippen molar-refractivity contribution in [3.05, 3.63) is 59.2 Å². The highest BCUT2D eigenvalue weighted by atomic mass is 19.4. The van der Waals surface area contributed by atoms with Gasteiger partial charge in [-0.05, 0) is 42.5 Å². The standard InChI is InChI=1S/C17H12F3N3O3/c18-17(19,20)9-26-14-6-5-13(7-12(14)8-21)23-16(25)11-3-1-10(2-4-11)15(22)24/h1-7H,9H2,(H2,22,24)(H,23,25). The van der Waals surface area contributed by atoms with Crippen LogP contribution in [0.3, 0.4) is 0 Å². The van der Waals surface area contributed by atoms with Crippen molar-refractivity contribution in [1.82, 2.24) is 0 Å². The van der Waals surface area contributed by atoms with E-state index in [1.807, 2.05) is 0 Å². The summed E-state index contributed by atoms with van der Waals surface area (Å²) in [6.45, 7) is -1.53. The normalized spacial score (nSPS) is 10.7. The van der Waals surface area contributed by atoms with Crippen LogP contribution in [-0.2, 0) is 0 Å². The Kier molecular flexibility index (Phi) is 5.47. The van der Waals surface area contributed by atoms with Crippen molar-refractivity contribution in [3.8, 4) is 11.8 Å². The second-order valence-electron chi connectivity index (χ2n) is 5.12. The lowest BCUT2D eigenvalue weighted by Crippen LogP contribution is -2.19. The van der Waals surface area contributed by atoms with E-state index in [9.17, 15) is 22.8 Å². The number of alkyl halides is 3. The Labute approximate surface area is 146 Å². The molecule has 3 N–H and O–H groups in total. The molecule has 0 aromatic heterocycles. The predicted molar refractivity (Wildman–Crippen MR) is 85.6 cm³/mol. The zero-order chi connectivity index (χ0) is 19.3. The number of nitriles is 1. The smallest absolute Gasteiger partial charge is 0.422 e. The zero-order valence-corrected chi connectivity index (χ0v) is 13.1. The first-order chi connectivity index (χ1) is 12.2. The van der Waals surface area contributed by atoms with E-state index in [0.29, 0.717) is 0 Å². The van der Waals surface area contributed by atoms with E-state index in [0.717, 1.165) is 6.07 Å². The number of ether oxygens (including phenoxy) is 1. The molecule has 2 amide bonds. The number of amides is 2. The first kappa shape index (κ1) is 18.8. The number of hydrogen-bond acceptors (Lipinski definition) is 4. The molecule has 0 unspecified atom stereocenters. The van der Waals surface area contributed by atoms with Gasteiger partial charge in [0, 0.05) is 16.8 Å². The van der Waals surface area contributed by atoms with Crippen molar-refractivity contribution in [2.24, 2.45) is 5.73 Å². The van der Waals surface area contributed by atoms with Crippen molar-refractivity contribution < 1.29 is 27.5 Å². The maximum Gasteiger partial charge on any atom is 0.422 e. The summed E-state index contributed by atoms with van der Waals surface area (Å²) in [5.74, 6) is -1.41. The van der Waals surface area contributed by atoms with Gasteiger partial charge in [0.2, 0.25) is 5.91 Å². The molecule has 0 aliphatic heterocycles. The maximum absolute atomic E-state index is 12.2. The van der Waals surface area contributed by atoms with Crippen LogP contribution in [-0.4, -0.2) is 24.6 Å². The second-order valence-corrected chi connectivity index (χ2v) is 5.12. The Balaban J connectivity index is 2.13. The summed E-state index contributed by atoms with van der Waals surface area (Å²) in [5.41, 5.74) is 5.61. The third-order valence-electron chi connectivity index (χ3n) is 3.18. The quantitative estimate of drug-likeness (QED) is 0.852. The van der Waals surface area contributed by atoms with Crippen molar-refractivity contribution in [1.29, 1.82) is 5.26 Å². The molecule has 0 heterocycles. The van der Waals surface area contributed by atoms with Gasteiger partial charge < -0.3 is 15.8 Å². The molecule has 2 aromatic rings. The van der Waals surface area contributed by atoms with Crippen LogP contribution >= 0.6 is 0 Å². The highest BCUT2D eigenvalue weighted by Gasteiger charge is 2.28. The number of anilines is 1. The minimum absolute atomic E-state index is 0.156. The van der Waals surface area contributed by atoms with Gasteiger partial charge in [-0.2, -0.15) is 18.4 Å². The number of carbonyl (C=O) groups excluding carboxylic acids is 2. The van der Waals surface area contributed by atoms with Crippen LogP contribution in [0.25, 0.3) is 0 Å². The van der Waals surface area contributed by atoms with Crippen LogP contribution < -0.4 is 15.8 Å². The van der Waals surface area contributed by atoms with Crippen molar-refractivity contribution in [2.45, 2.75) is 6.18 Å². The lowest BCUT2D eigenvalue weighted by Gasteiger charge is -2.12. The molecule has 0 aliphatic carbocycles. The second kappa shape index (κ2) is 7.57. The van der Waals surface area contributed by atoms with Gasteiger partial charge in [-0.25, -0.2) is 0 Å². The summed E-state index contributed by atoms with van der Waals surface area (Å²) in [6, 6.07) is 10.9. The summed E-state index contributed by atoms with van der Waals surface area (Å²) in [5, 5.41) is 11.5. The van der Waals surface area contributed by atoms with E-state index in [2.05, 4.69) is 10.1 Å². The van der Waals surface area contributed by atoms with E-state index in [4.69, 9.17) is 11.0 Å². The maximum atomic E-state index is 12.2. The highest BCUT2D eigenvalue weighted by Crippen LogP contribution is 2.25. The molecular formula is C17H12F3N3O3. The fraction of sp³-hybridized carbons (Fsp3) is 0.118. The number of rotatable bonds is 5. The number of nitrogens with zero attached hydrogens (tertiary/aromatic N) is 1. The topological polar surface area (TPSA) is 105 Å². The Hall–Kier alpha value is -3.54. The molecule has 0 atom stereocenters. The first-order valence-corrected chi connectivity index (χ1v) is 7.14. The Morgan fingerprint density at radius 1 is 1.12 bits per heavy atom. The summed E-state index contributed by atoms with van der Waals surface area (Å²) < 4.78 is 41.2. The Morgan fingerprint density at radius 2 is 1.73 bits per heavy atom. The third-order valence-corrected chi connectivity index (χ3v) is 3.18. The van der Waals surface area contributed by atoms with Gasteiger partial charge in [0.05, 0.1) is 5.56 Å². The van der Waals surface area contributed by atoms with Crippen LogP contribution in [0, 0.1) is 11.3 Å². The van der Waals surface area contributed by atoms with Crippen LogP contribution in [0.15, 0.2) is 42.5 Å². The molecule has 0 fully saturated rings. The first-order valence-electron chi connectivity index (χ1n) is 7.14. The summed E-state index contributed by atoms with van der Waals surface area (Å²) in [6.07, 6.45) is -4.53. The molecule has 0 aliphatic rings. The van der Waals surface area contributed by atoms with Gasteiger partial charge >= 0.3 is 6.18 Å². The van der Waals surface area contributed by atoms with Crippen molar-refractivity contribution >= 4 is 17.5 Å². The molecule has 26 heavy (non-hydrogen) atoms. The molecule has 134 valence electrons. The molecule has 2 rings (SSSR count). The molecule has 0 radical (unpaired) electrons. The molecule has 0 spiro atoms. The SMILES string of the molecule is N#Cc1cc(NC(=O)c2ccc(C(N)=O)cc2)ccc1OCC(F)(F)F. The number of carbonyl (C=O) groups is 2. The fourth-order valence-corrected chi connectivity index (χ4v) is 1.97. The molecule has 6 nitrogen and oxygen atoms in total. The number of benzene rings is 2. The highest BCUT2D eigenvalue weighted by molar-refractivity contribution is 6.05. The van der Waals surface area contributed by atoms with Crippen molar-refractivity contribution in [2.75, 3.05) is 11.9 Å². The largest absolute Gasteiger partial charge is 0.483 e. The molecule has 0 saturated carbocycles. The molecule has 0 saturated heterocycles. The average Bonchev–Trinajstić information content (AvgIpc) is 2.59. The lowest BCUT2D eigenvalue weighted by molar-refractivity contribution is -0.153. The Morgan fingerprint density at radius 3 is 2.27 bits per heavy atom. The average molecular weight is 363 g/mol. The molecule has 0 bridgehead atoms. The van der Waals surface area contributed by atoms with Crippen LogP contribution in [0.4, 0.5) is 18.9 Å². The number of primary amides is 1.